The minimum atomic E-state index is -1.24. The predicted octanol–water partition coefficient (Wildman–Crippen LogP) is 1.69. The van der Waals surface area contributed by atoms with Crippen molar-refractivity contribution >= 4 is 23.5 Å². The largest absolute Gasteiger partial charge is 0.494 e. The molecule has 4 rings (SSSR count). The summed E-state index contributed by atoms with van der Waals surface area (Å²) in [6, 6.07) is 11.6. The predicted molar refractivity (Wildman–Crippen MR) is 118 cm³/mol. The van der Waals surface area contributed by atoms with E-state index in [0.717, 1.165) is 10.5 Å². The molecule has 1 aliphatic heterocycles. The minimum Gasteiger partial charge on any atom is -0.494 e. The number of urea groups is 1. The van der Waals surface area contributed by atoms with Gasteiger partial charge in [-0.3, -0.25) is 14.5 Å². The Kier molecular flexibility index (Phi) is 5.54. The summed E-state index contributed by atoms with van der Waals surface area (Å²) in [5, 5.41) is 16.8. The molecule has 2 aromatic carbocycles. The Labute approximate surface area is 189 Å². The number of imide groups is 1. The second-order valence-electron chi connectivity index (χ2n) is 7.89. The Bertz CT molecular complexity index is 1240. The van der Waals surface area contributed by atoms with E-state index in [1.165, 1.54) is 11.8 Å². The van der Waals surface area contributed by atoms with Gasteiger partial charge in [0.2, 0.25) is 5.91 Å². The molecule has 0 spiro atoms. The van der Waals surface area contributed by atoms with Crippen LogP contribution in [0.25, 0.3) is 5.69 Å². The molecule has 1 fully saturated rings. The molecule has 1 saturated heterocycles. The number of carbonyl (C=O) groups is 3. The Morgan fingerprint density at radius 3 is 2.52 bits per heavy atom. The zero-order chi connectivity index (χ0) is 23.8. The summed E-state index contributed by atoms with van der Waals surface area (Å²) in [7, 11) is 1.51. The number of carbonyl (C=O) groups excluding carboxylic acids is 3. The fourth-order valence-corrected chi connectivity index (χ4v) is 3.65. The van der Waals surface area contributed by atoms with Crippen molar-refractivity contribution in [2.45, 2.75) is 26.3 Å². The first kappa shape index (κ1) is 21.9. The van der Waals surface area contributed by atoms with Gasteiger partial charge in [0.05, 0.1) is 7.11 Å². The molecule has 4 amide bonds. The average molecular weight is 449 g/mol. The van der Waals surface area contributed by atoms with Gasteiger partial charge >= 0.3 is 6.03 Å². The molecular formula is C22H23N7O4. The van der Waals surface area contributed by atoms with Crippen molar-refractivity contribution in [1.29, 1.82) is 0 Å². The van der Waals surface area contributed by atoms with E-state index in [-0.39, 0.29) is 0 Å². The first-order valence-electron chi connectivity index (χ1n) is 10.2. The highest BCUT2D eigenvalue weighted by atomic mass is 16.5. The van der Waals surface area contributed by atoms with Crippen LogP contribution in [0.4, 0.5) is 10.5 Å². The van der Waals surface area contributed by atoms with Crippen molar-refractivity contribution in [3.63, 3.8) is 0 Å². The molecule has 0 bridgehead atoms. The lowest BCUT2D eigenvalue weighted by molar-refractivity contribution is -0.133. The van der Waals surface area contributed by atoms with Gasteiger partial charge in [-0.15, -0.1) is 5.10 Å². The minimum absolute atomic E-state index is 0.430. The van der Waals surface area contributed by atoms with Gasteiger partial charge in [-0.05, 0) is 55.0 Å². The SMILES string of the molecule is COc1ccc(NC(=O)CN2C(=O)NC(C)(c3ccc(C)cc3)C2=O)cc1-n1nnnc1C. The van der Waals surface area contributed by atoms with Crippen molar-refractivity contribution in [2.75, 3.05) is 19.0 Å². The van der Waals surface area contributed by atoms with Crippen LogP contribution < -0.4 is 15.4 Å². The summed E-state index contributed by atoms with van der Waals surface area (Å²) < 4.78 is 6.83. The zero-order valence-electron chi connectivity index (χ0n) is 18.6. The number of hydrogen-bond acceptors (Lipinski definition) is 7. The van der Waals surface area contributed by atoms with E-state index >= 15 is 0 Å². The number of anilines is 1. The summed E-state index contributed by atoms with van der Waals surface area (Å²) >= 11 is 0. The number of aromatic nitrogens is 4. The number of hydrogen-bond donors (Lipinski definition) is 2. The molecule has 0 saturated carbocycles. The van der Waals surface area contributed by atoms with Crippen LogP contribution in [0.5, 0.6) is 5.75 Å². The summed E-state index contributed by atoms with van der Waals surface area (Å²) in [6.07, 6.45) is 0. The van der Waals surface area contributed by atoms with E-state index in [9.17, 15) is 14.4 Å². The molecule has 3 aromatic rings. The van der Waals surface area contributed by atoms with Crippen molar-refractivity contribution in [3.8, 4) is 11.4 Å². The molecule has 1 unspecified atom stereocenters. The number of amides is 4. The molecule has 33 heavy (non-hydrogen) atoms. The molecular weight excluding hydrogens is 426 g/mol. The topological polar surface area (TPSA) is 131 Å². The number of nitrogens with zero attached hydrogens (tertiary/aromatic N) is 5. The molecule has 170 valence electrons. The van der Waals surface area contributed by atoms with Crippen molar-refractivity contribution in [3.05, 3.63) is 59.4 Å². The summed E-state index contributed by atoms with van der Waals surface area (Å²) in [5.74, 6) is 0.0142. The van der Waals surface area contributed by atoms with E-state index in [2.05, 4.69) is 26.2 Å². The lowest BCUT2D eigenvalue weighted by Crippen LogP contribution is -2.42. The van der Waals surface area contributed by atoms with Gasteiger partial charge in [0, 0.05) is 5.69 Å². The molecule has 11 nitrogen and oxygen atoms in total. The van der Waals surface area contributed by atoms with Crippen LogP contribution in [0.1, 0.15) is 23.9 Å². The summed E-state index contributed by atoms with van der Waals surface area (Å²) in [5.41, 5.74) is 1.39. The van der Waals surface area contributed by atoms with E-state index < -0.39 is 29.9 Å². The zero-order valence-corrected chi connectivity index (χ0v) is 18.6. The summed E-state index contributed by atoms with van der Waals surface area (Å²) in [4.78, 5) is 39.2. The summed E-state index contributed by atoms with van der Waals surface area (Å²) in [6.45, 7) is 4.86. The second kappa shape index (κ2) is 8.34. The van der Waals surface area contributed by atoms with Crippen molar-refractivity contribution < 1.29 is 19.1 Å². The first-order chi connectivity index (χ1) is 15.7. The maximum atomic E-state index is 13.1. The van der Waals surface area contributed by atoms with E-state index in [1.54, 1.807) is 44.2 Å². The number of ether oxygens (including phenoxy) is 1. The number of aryl methyl sites for hydroxylation is 2. The Morgan fingerprint density at radius 1 is 1.15 bits per heavy atom. The average Bonchev–Trinajstić information content (AvgIpc) is 3.30. The lowest BCUT2D eigenvalue weighted by Gasteiger charge is -2.22. The monoisotopic (exact) mass is 449 g/mol. The van der Waals surface area contributed by atoms with Crippen LogP contribution in [-0.2, 0) is 15.1 Å². The highest BCUT2D eigenvalue weighted by Gasteiger charge is 2.49. The van der Waals surface area contributed by atoms with E-state index in [4.69, 9.17) is 4.74 Å². The standard InChI is InChI=1S/C22H23N7O4/c1-13-5-7-15(8-6-13)22(3)20(31)28(21(32)24-22)12-19(30)23-16-9-10-18(33-4)17(11-16)29-14(2)25-26-27-29/h5-11H,12H2,1-4H3,(H,23,30)(H,24,32). The van der Waals surface area contributed by atoms with Crippen LogP contribution in [0.3, 0.4) is 0 Å². The molecule has 1 atom stereocenters. The highest BCUT2D eigenvalue weighted by Crippen LogP contribution is 2.29. The number of methoxy groups -OCH3 is 1. The molecule has 2 N–H and O–H groups in total. The number of nitrogens with one attached hydrogen (secondary N) is 2. The van der Waals surface area contributed by atoms with Crippen molar-refractivity contribution in [1.82, 2.24) is 30.4 Å². The van der Waals surface area contributed by atoms with Crippen LogP contribution in [0, 0.1) is 13.8 Å². The third-order valence-electron chi connectivity index (χ3n) is 5.52. The fourth-order valence-electron chi connectivity index (χ4n) is 3.65. The first-order valence-corrected chi connectivity index (χ1v) is 10.2. The molecule has 11 heteroatoms. The van der Waals surface area contributed by atoms with Crippen LogP contribution in [0.15, 0.2) is 42.5 Å². The molecule has 0 radical (unpaired) electrons. The third-order valence-corrected chi connectivity index (χ3v) is 5.52. The molecule has 1 aromatic heterocycles. The van der Waals surface area contributed by atoms with Gasteiger partial charge in [0.15, 0.2) is 5.82 Å². The van der Waals surface area contributed by atoms with E-state index in [0.29, 0.717) is 28.5 Å². The maximum absolute atomic E-state index is 13.1. The molecule has 2 heterocycles. The highest BCUT2D eigenvalue weighted by molar-refractivity contribution is 6.10. The van der Waals surface area contributed by atoms with Gasteiger partial charge < -0.3 is 15.4 Å². The molecule has 0 aliphatic carbocycles. The lowest BCUT2D eigenvalue weighted by atomic mass is 9.91. The van der Waals surface area contributed by atoms with Gasteiger partial charge in [0.1, 0.15) is 23.5 Å². The maximum Gasteiger partial charge on any atom is 0.325 e. The van der Waals surface area contributed by atoms with Crippen molar-refractivity contribution in [2.24, 2.45) is 0 Å². The second-order valence-corrected chi connectivity index (χ2v) is 7.89. The van der Waals surface area contributed by atoms with Gasteiger partial charge in [-0.25, -0.2) is 4.79 Å². The van der Waals surface area contributed by atoms with Gasteiger partial charge in [-0.2, -0.15) is 4.68 Å². The van der Waals surface area contributed by atoms with Gasteiger partial charge in [0.25, 0.3) is 5.91 Å². The van der Waals surface area contributed by atoms with E-state index in [1.807, 2.05) is 19.1 Å². The molecule has 1 aliphatic rings. The number of rotatable bonds is 6. The number of benzene rings is 2. The third kappa shape index (κ3) is 4.00. The van der Waals surface area contributed by atoms with Crippen LogP contribution >= 0.6 is 0 Å². The number of tetrazole rings is 1. The van der Waals surface area contributed by atoms with Crippen LogP contribution in [-0.4, -0.2) is 56.6 Å². The Balaban J connectivity index is 1.51. The quantitative estimate of drug-likeness (QED) is 0.548. The van der Waals surface area contributed by atoms with Gasteiger partial charge in [-0.1, -0.05) is 29.8 Å². The Morgan fingerprint density at radius 2 is 1.88 bits per heavy atom. The Hall–Kier alpha value is -4.28. The smallest absolute Gasteiger partial charge is 0.325 e. The normalized spacial score (nSPS) is 17.8. The van der Waals surface area contributed by atoms with Crippen LogP contribution in [0.2, 0.25) is 0 Å². The fraction of sp³-hybridized carbons (Fsp3) is 0.273.